The summed E-state index contributed by atoms with van der Waals surface area (Å²) in [6.45, 7) is 1.56. The highest BCUT2D eigenvalue weighted by Gasteiger charge is 2.13. The monoisotopic (exact) mass is 385 g/mol. The average molecular weight is 386 g/mol. The van der Waals surface area contributed by atoms with Crippen LogP contribution in [-0.4, -0.2) is 20.1 Å². The lowest BCUT2D eigenvalue weighted by molar-refractivity contribution is 0.102. The van der Waals surface area contributed by atoms with Crippen molar-refractivity contribution in [3.63, 3.8) is 0 Å². The summed E-state index contributed by atoms with van der Waals surface area (Å²) < 4.78 is 36.8. The van der Waals surface area contributed by atoms with Gasteiger partial charge in [0.05, 0.1) is 16.3 Å². The van der Waals surface area contributed by atoms with E-state index in [1.165, 1.54) is 42.5 Å². The maximum atomic E-state index is 13.0. The van der Waals surface area contributed by atoms with Crippen molar-refractivity contribution in [1.29, 1.82) is 0 Å². The van der Waals surface area contributed by atoms with E-state index in [9.17, 15) is 17.6 Å². The molecule has 0 saturated carbocycles. The van der Waals surface area contributed by atoms with Crippen molar-refractivity contribution < 1.29 is 17.6 Å². The molecule has 0 aliphatic carbocycles. The Hall–Kier alpha value is -1.73. The molecule has 0 aromatic heterocycles. The summed E-state index contributed by atoms with van der Waals surface area (Å²) in [5.74, 6) is -0.826. The Labute approximate surface area is 136 Å². The zero-order chi connectivity index (χ0) is 16.3. The Balaban J connectivity index is 2.20. The largest absolute Gasteiger partial charge is 0.321 e. The van der Waals surface area contributed by atoms with Crippen molar-refractivity contribution in [3.8, 4) is 0 Å². The SMILES string of the molecule is CCS(=O)(=O)c1ccc(C(=O)Nc2ccc(F)cc2Br)cc1. The number of carbonyl (C=O) groups is 1. The van der Waals surface area contributed by atoms with Gasteiger partial charge in [0, 0.05) is 10.0 Å². The lowest BCUT2D eigenvalue weighted by Crippen LogP contribution is -2.13. The number of sulfone groups is 1. The first-order valence-corrected chi connectivity index (χ1v) is 8.87. The number of benzene rings is 2. The molecule has 0 unspecified atom stereocenters. The van der Waals surface area contributed by atoms with E-state index in [0.717, 1.165) is 0 Å². The van der Waals surface area contributed by atoms with Crippen LogP contribution in [0.25, 0.3) is 0 Å². The second-order valence-corrected chi connectivity index (χ2v) is 7.64. The molecule has 0 spiro atoms. The molecule has 2 aromatic carbocycles. The molecule has 22 heavy (non-hydrogen) atoms. The van der Waals surface area contributed by atoms with Gasteiger partial charge in [0.2, 0.25) is 0 Å². The van der Waals surface area contributed by atoms with Gasteiger partial charge >= 0.3 is 0 Å². The third kappa shape index (κ3) is 3.72. The van der Waals surface area contributed by atoms with E-state index >= 15 is 0 Å². The molecule has 4 nitrogen and oxygen atoms in total. The molecule has 1 amide bonds. The number of rotatable bonds is 4. The molecule has 0 fully saturated rings. The van der Waals surface area contributed by atoms with Crippen LogP contribution in [0.2, 0.25) is 0 Å². The minimum Gasteiger partial charge on any atom is -0.321 e. The molecule has 0 bridgehead atoms. The molecule has 0 aliphatic rings. The molecule has 0 saturated heterocycles. The van der Waals surface area contributed by atoms with Gasteiger partial charge in [-0.1, -0.05) is 6.92 Å². The summed E-state index contributed by atoms with van der Waals surface area (Å²) in [5, 5.41) is 2.62. The minimum atomic E-state index is -3.29. The number of hydrogen-bond donors (Lipinski definition) is 1. The third-order valence-corrected chi connectivity index (χ3v) is 5.44. The van der Waals surface area contributed by atoms with Gasteiger partial charge < -0.3 is 5.32 Å². The molecule has 7 heteroatoms. The molecule has 1 N–H and O–H groups in total. The normalized spacial score (nSPS) is 11.2. The van der Waals surface area contributed by atoms with Crippen LogP contribution in [0.15, 0.2) is 51.8 Å². The van der Waals surface area contributed by atoms with Gasteiger partial charge in [-0.15, -0.1) is 0 Å². The van der Waals surface area contributed by atoms with Crippen LogP contribution in [0, 0.1) is 5.82 Å². The van der Waals surface area contributed by atoms with E-state index in [2.05, 4.69) is 21.2 Å². The number of anilines is 1. The predicted octanol–water partition coefficient (Wildman–Crippen LogP) is 3.63. The highest BCUT2D eigenvalue weighted by molar-refractivity contribution is 9.10. The standard InChI is InChI=1S/C15H13BrFNO3S/c1-2-22(20,21)12-6-3-10(4-7-12)15(19)18-14-8-5-11(17)9-13(14)16/h3-9H,2H2,1H3,(H,18,19). The fraction of sp³-hybridized carbons (Fsp3) is 0.133. The Morgan fingerprint density at radius 3 is 2.36 bits per heavy atom. The molecule has 0 atom stereocenters. The lowest BCUT2D eigenvalue weighted by atomic mass is 10.2. The van der Waals surface area contributed by atoms with Crippen molar-refractivity contribution in [3.05, 3.63) is 58.3 Å². The van der Waals surface area contributed by atoms with Crippen LogP contribution >= 0.6 is 15.9 Å². The molecule has 2 rings (SSSR count). The topological polar surface area (TPSA) is 63.2 Å². The molecule has 0 radical (unpaired) electrons. The first kappa shape index (κ1) is 16.6. The zero-order valence-corrected chi connectivity index (χ0v) is 14.0. The Bertz CT molecular complexity index is 804. The number of amides is 1. The average Bonchev–Trinajstić information content (AvgIpc) is 2.50. The molecule has 2 aromatic rings. The Morgan fingerprint density at radius 2 is 1.82 bits per heavy atom. The van der Waals surface area contributed by atoms with Gasteiger partial charge in [-0.25, -0.2) is 12.8 Å². The van der Waals surface area contributed by atoms with E-state index in [-0.39, 0.29) is 10.6 Å². The molecular weight excluding hydrogens is 373 g/mol. The van der Waals surface area contributed by atoms with Crippen LogP contribution in [0.1, 0.15) is 17.3 Å². The lowest BCUT2D eigenvalue weighted by Gasteiger charge is -2.08. The van der Waals surface area contributed by atoms with Gasteiger partial charge in [-0.05, 0) is 58.4 Å². The zero-order valence-electron chi connectivity index (χ0n) is 11.6. The van der Waals surface area contributed by atoms with Crippen molar-refractivity contribution in [2.24, 2.45) is 0 Å². The number of carbonyl (C=O) groups excluding carboxylic acids is 1. The van der Waals surface area contributed by atoms with Gasteiger partial charge in [0.15, 0.2) is 9.84 Å². The fourth-order valence-electron chi connectivity index (χ4n) is 1.77. The van der Waals surface area contributed by atoms with Crippen LogP contribution in [0.4, 0.5) is 10.1 Å². The van der Waals surface area contributed by atoms with Gasteiger partial charge in [-0.3, -0.25) is 4.79 Å². The predicted molar refractivity (Wildman–Crippen MR) is 86.2 cm³/mol. The summed E-state index contributed by atoms with van der Waals surface area (Å²) in [6.07, 6.45) is 0. The van der Waals surface area contributed by atoms with E-state index < -0.39 is 21.6 Å². The number of nitrogens with one attached hydrogen (secondary N) is 1. The second-order valence-electron chi connectivity index (χ2n) is 4.51. The van der Waals surface area contributed by atoms with Crippen molar-refractivity contribution in [2.75, 3.05) is 11.1 Å². The van der Waals surface area contributed by atoms with Crippen molar-refractivity contribution >= 4 is 37.4 Å². The van der Waals surface area contributed by atoms with Gasteiger partial charge in [-0.2, -0.15) is 0 Å². The number of halogens is 2. The maximum absolute atomic E-state index is 13.0. The Kier molecular flexibility index (Phi) is 4.97. The Morgan fingerprint density at radius 1 is 1.18 bits per heavy atom. The molecular formula is C15H13BrFNO3S. The van der Waals surface area contributed by atoms with Crippen LogP contribution in [-0.2, 0) is 9.84 Å². The van der Waals surface area contributed by atoms with Gasteiger partial charge in [0.25, 0.3) is 5.91 Å². The second kappa shape index (κ2) is 6.58. The minimum absolute atomic E-state index is 0.00106. The summed E-state index contributed by atoms with van der Waals surface area (Å²) in [6, 6.07) is 9.59. The maximum Gasteiger partial charge on any atom is 0.255 e. The van der Waals surface area contributed by atoms with Crippen molar-refractivity contribution in [1.82, 2.24) is 0 Å². The van der Waals surface area contributed by atoms with E-state index in [4.69, 9.17) is 0 Å². The highest BCUT2D eigenvalue weighted by Crippen LogP contribution is 2.23. The molecule has 0 heterocycles. The summed E-state index contributed by atoms with van der Waals surface area (Å²) >= 11 is 3.16. The quantitative estimate of drug-likeness (QED) is 0.873. The van der Waals surface area contributed by atoms with Crippen LogP contribution in [0.5, 0.6) is 0 Å². The summed E-state index contributed by atoms with van der Waals surface area (Å²) in [4.78, 5) is 12.3. The van der Waals surface area contributed by atoms with E-state index in [0.29, 0.717) is 15.7 Å². The molecule has 0 aliphatic heterocycles. The first-order chi connectivity index (χ1) is 10.3. The highest BCUT2D eigenvalue weighted by atomic mass is 79.9. The van der Waals surface area contributed by atoms with Gasteiger partial charge in [0.1, 0.15) is 5.82 Å². The number of hydrogen-bond acceptors (Lipinski definition) is 3. The first-order valence-electron chi connectivity index (χ1n) is 6.42. The third-order valence-electron chi connectivity index (χ3n) is 3.03. The summed E-state index contributed by atoms with van der Waals surface area (Å²) in [7, 11) is -3.29. The molecule has 116 valence electrons. The smallest absolute Gasteiger partial charge is 0.255 e. The summed E-state index contributed by atoms with van der Waals surface area (Å²) in [5.41, 5.74) is 0.739. The van der Waals surface area contributed by atoms with Crippen LogP contribution < -0.4 is 5.32 Å². The van der Waals surface area contributed by atoms with E-state index in [1.807, 2.05) is 0 Å². The van der Waals surface area contributed by atoms with E-state index in [1.54, 1.807) is 6.92 Å². The van der Waals surface area contributed by atoms with Crippen molar-refractivity contribution in [2.45, 2.75) is 11.8 Å². The van der Waals surface area contributed by atoms with Crippen LogP contribution in [0.3, 0.4) is 0 Å². The fourth-order valence-corrected chi connectivity index (χ4v) is 3.10.